The molecule has 0 saturated carbocycles. The van der Waals surface area contributed by atoms with Crippen LogP contribution in [0.25, 0.3) is 10.9 Å². The van der Waals surface area contributed by atoms with Crippen LogP contribution in [0.5, 0.6) is 0 Å². The molecule has 2 rings (SSSR count). The van der Waals surface area contributed by atoms with Crippen molar-refractivity contribution in [2.24, 2.45) is 0 Å². The number of fused-ring (bicyclic) bond motifs is 1. The van der Waals surface area contributed by atoms with Gasteiger partial charge < -0.3 is 0 Å². The van der Waals surface area contributed by atoms with Crippen molar-refractivity contribution in [3.05, 3.63) is 39.5 Å². The Hall–Kier alpha value is -1.00. The van der Waals surface area contributed by atoms with Crippen molar-refractivity contribution in [2.75, 3.05) is 0 Å². The number of aromatic nitrogens is 1. The van der Waals surface area contributed by atoms with E-state index in [0.29, 0.717) is 0 Å². The maximum absolute atomic E-state index is 12.8. The molecule has 1 aromatic heterocycles. The predicted octanol–water partition coefficient (Wildman–Crippen LogP) is 4.87. The summed E-state index contributed by atoms with van der Waals surface area (Å²) in [6, 6.07) is 3.72. The van der Waals surface area contributed by atoms with Crippen LogP contribution in [-0.4, -0.2) is 4.98 Å². The zero-order valence-electron chi connectivity index (χ0n) is 8.57. The summed E-state index contributed by atoms with van der Waals surface area (Å²) in [5, 5.41) is 0.482. The quantitative estimate of drug-likeness (QED) is 0.671. The number of aryl methyl sites for hydroxylation is 1. The molecular weight excluding hydrogens is 274 g/mol. The van der Waals surface area contributed by atoms with Crippen LogP contribution in [0.15, 0.2) is 18.2 Å². The van der Waals surface area contributed by atoms with E-state index in [4.69, 9.17) is 23.2 Å². The maximum atomic E-state index is 12.8. The van der Waals surface area contributed by atoms with Crippen LogP contribution in [0.4, 0.5) is 13.2 Å². The van der Waals surface area contributed by atoms with Gasteiger partial charge in [-0.25, -0.2) is 0 Å². The Morgan fingerprint density at radius 2 is 1.76 bits per heavy atom. The van der Waals surface area contributed by atoms with Crippen molar-refractivity contribution in [1.29, 1.82) is 0 Å². The second-order valence-electron chi connectivity index (χ2n) is 3.52. The van der Waals surface area contributed by atoms with Gasteiger partial charge in [-0.05, 0) is 13.0 Å². The molecule has 1 aromatic carbocycles. The molecule has 1 nitrogen and oxygen atoms in total. The lowest BCUT2D eigenvalue weighted by molar-refractivity contribution is -0.136. The molecule has 0 fully saturated rings. The van der Waals surface area contributed by atoms with Gasteiger partial charge in [0.25, 0.3) is 0 Å². The van der Waals surface area contributed by atoms with Gasteiger partial charge in [-0.1, -0.05) is 35.3 Å². The number of rotatable bonds is 0. The Morgan fingerprint density at radius 1 is 1.12 bits per heavy atom. The number of halogens is 5. The van der Waals surface area contributed by atoms with Gasteiger partial charge in [0.2, 0.25) is 0 Å². The second kappa shape index (κ2) is 4.03. The van der Waals surface area contributed by atoms with Crippen molar-refractivity contribution < 1.29 is 13.2 Å². The van der Waals surface area contributed by atoms with Crippen LogP contribution in [0.1, 0.15) is 11.3 Å². The number of pyridine rings is 1. The first-order chi connectivity index (χ1) is 7.82. The summed E-state index contributed by atoms with van der Waals surface area (Å²) in [4.78, 5) is 3.87. The molecule has 0 bridgehead atoms. The minimum absolute atomic E-state index is 0.0975. The first-order valence-corrected chi connectivity index (χ1v) is 5.39. The van der Waals surface area contributed by atoms with Gasteiger partial charge in [0.15, 0.2) is 0 Å². The number of hydrogen-bond donors (Lipinski definition) is 0. The van der Waals surface area contributed by atoms with E-state index < -0.39 is 11.7 Å². The normalized spacial score (nSPS) is 12.1. The fourth-order valence-electron chi connectivity index (χ4n) is 1.56. The molecule has 0 aliphatic carbocycles. The van der Waals surface area contributed by atoms with E-state index in [9.17, 15) is 13.2 Å². The fraction of sp³-hybridized carbons (Fsp3) is 0.182. The molecule has 0 spiro atoms. The number of benzene rings is 1. The van der Waals surface area contributed by atoms with Crippen molar-refractivity contribution in [1.82, 2.24) is 4.98 Å². The Morgan fingerprint density at radius 3 is 2.35 bits per heavy atom. The number of hydrogen-bond acceptors (Lipinski definition) is 1. The number of para-hydroxylation sites is 1. The first-order valence-electron chi connectivity index (χ1n) is 4.64. The van der Waals surface area contributed by atoms with Crippen LogP contribution in [0.3, 0.4) is 0 Å². The molecule has 0 amide bonds. The highest BCUT2D eigenvalue weighted by atomic mass is 35.5. The lowest BCUT2D eigenvalue weighted by atomic mass is 10.1. The highest BCUT2D eigenvalue weighted by molar-refractivity contribution is 6.45. The van der Waals surface area contributed by atoms with E-state index in [0.717, 1.165) is 6.07 Å². The van der Waals surface area contributed by atoms with Gasteiger partial charge in [0, 0.05) is 5.39 Å². The molecule has 90 valence electrons. The van der Waals surface area contributed by atoms with Crippen LogP contribution < -0.4 is 0 Å². The fourth-order valence-corrected chi connectivity index (χ4v) is 2.00. The van der Waals surface area contributed by atoms with Crippen LogP contribution in [0.2, 0.25) is 10.0 Å². The smallest absolute Gasteiger partial charge is 0.251 e. The van der Waals surface area contributed by atoms with Gasteiger partial charge in [0.05, 0.1) is 26.8 Å². The second-order valence-corrected chi connectivity index (χ2v) is 4.28. The van der Waals surface area contributed by atoms with E-state index in [-0.39, 0.29) is 26.6 Å². The predicted molar refractivity (Wildman–Crippen MR) is 61.5 cm³/mol. The van der Waals surface area contributed by atoms with Gasteiger partial charge in [0.1, 0.15) is 0 Å². The van der Waals surface area contributed by atoms with Crippen LogP contribution in [-0.2, 0) is 6.18 Å². The number of nitrogens with zero attached hydrogens (tertiary/aromatic N) is 1. The molecule has 0 unspecified atom stereocenters. The molecule has 1 heterocycles. The third kappa shape index (κ3) is 2.07. The van der Waals surface area contributed by atoms with Gasteiger partial charge >= 0.3 is 6.18 Å². The summed E-state index contributed by atoms with van der Waals surface area (Å²) in [7, 11) is 0. The summed E-state index contributed by atoms with van der Waals surface area (Å²) in [5.74, 6) is 0. The monoisotopic (exact) mass is 279 g/mol. The van der Waals surface area contributed by atoms with E-state index in [1.807, 2.05) is 0 Å². The molecule has 0 aliphatic heterocycles. The largest absolute Gasteiger partial charge is 0.418 e. The minimum Gasteiger partial charge on any atom is -0.251 e. The third-order valence-electron chi connectivity index (χ3n) is 2.37. The highest BCUT2D eigenvalue weighted by Gasteiger charge is 2.33. The Balaban J connectivity index is 2.92. The molecule has 0 radical (unpaired) electrons. The molecule has 0 aliphatic rings. The summed E-state index contributed by atoms with van der Waals surface area (Å²) < 4.78 is 38.3. The van der Waals surface area contributed by atoms with Crippen molar-refractivity contribution in [2.45, 2.75) is 13.1 Å². The topological polar surface area (TPSA) is 12.9 Å². The van der Waals surface area contributed by atoms with Gasteiger partial charge in [-0.15, -0.1) is 0 Å². The lowest BCUT2D eigenvalue weighted by Crippen LogP contribution is -2.07. The zero-order chi connectivity index (χ0) is 12.8. The average Bonchev–Trinajstić information content (AvgIpc) is 2.24. The Labute approximate surface area is 105 Å². The van der Waals surface area contributed by atoms with E-state index >= 15 is 0 Å². The molecular formula is C11H6Cl2F3N. The summed E-state index contributed by atoms with van der Waals surface area (Å²) >= 11 is 11.8. The van der Waals surface area contributed by atoms with Crippen LogP contribution >= 0.6 is 23.2 Å². The third-order valence-corrected chi connectivity index (χ3v) is 3.32. The average molecular weight is 280 g/mol. The summed E-state index contributed by atoms with van der Waals surface area (Å²) in [5.41, 5.74) is -0.704. The first kappa shape index (κ1) is 12.5. The Bertz CT molecular complexity index is 593. The van der Waals surface area contributed by atoms with Crippen molar-refractivity contribution >= 4 is 34.1 Å². The molecule has 0 saturated heterocycles. The molecule has 17 heavy (non-hydrogen) atoms. The standard InChI is InChI=1S/C11H6Cl2F3N/c1-5-8(12)9(13)6-3-2-4-7(10(6)17-5)11(14,15)16/h2-4H,1H3. The SMILES string of the molecule is Cc1nc2c(C(F)(F)F)cccc2c(Cl)c1Cl. The van der Waals surface area contributed by atoms with E-state index in [1.165, 1.54) is 19.1 Å². The van der Waals surface area contributed by atoms with Crippen LogP contribution in [0, 0.1) is 6.92 Å². The molecule has 0 atom stereocenters. The minimum atomic E-state index is -4.46. The van der Waals surface area contributed by atoms with Gasteiger partial charge in [-0.2, -0.15) is 13.2 Å². The number of alkyl halides is 3. The highest BCUT2D eigenvalue weighted by Crippen LogP contribution is 2.38. The van der Waals surface area contributed by atoms with Gasteiger partial charge in [-0.3, -0.25) is 4.98 Å². The maximum Gasteiger partial charge on any atom is 0.418 e. The Kier molecular flexibility index (Phi) is 2.96. The van der Waals surface area contributed by atoms with Crippen molar-refractivity contribution in [3.8, 4) is 0 Å². The zero-order valence-corrected chi connectivity index (χ0v) is 10.1. The molecule has 6 heteroatoms. The van der Waals surface area contributed by atoms with Crippen molar-refractivity contribution in [3.63, 3.8) is 0 Å². The summed E-state index contributed by atoms with van der Waals surface area (Å²) in [6.45, 7) is 1.51. The summed E-state index contributed by atoms with van der Waals surface area (Å²) in [6.07, 6.45) is -4.46. The molecule has 2 aromatic rings. The molecule has 0 N–H and O–H groups in total. The van der Waals surface area contributed by atoms with E-state index in [2.05, 4.69) is 4.98 Å². The van der Waals surface area contributed by atoms with E-state index in [1.54, 1.807) is 0 Å². The lowest BCUT2D eigenvalue weighted by Gasteiger charge is -2.12.